The second-order valence-corrected chi connectivity index (χ2v) is 6.81. The summed E-state index contributed by atoms with van der Waals surface area (Å²) in [6.45, 7) is 6.37. The number of carbonyl (C=O) groups excluding carboxylic acids is 4. The van der Waals surface area contributed by atoms with Crippen LogP contribution in [0.4, 0.5) is 0 Å². The van der Waals surface area contributed by atoms with Gasteiger partial charge in [0.05, 0.1) is 0 Å². The fourth-order valence-electron chi connectivity index (χ4n) is 2.45. The quantitative estimate of drug-likeness (QED) is 0.155. The third kappa shape index (κ3) is 16.6. The highest BCUT2D eigenvalue weighted by Gasteiger charge is 2.12. The first-order valence-corrected chi connectivity index (χ1v) is 10.7. The van der Waals surface area contributed by atoms with Crippen molar-refractivity contribution < 1.29 is 38.1 Å². The maximum Gasteiger partial charge on any atom is 0.333 e. The number of hydrogen-bond acceptors (Lipinski definition) is 8. The van der Waals surface area contributed by atoms with Crippen LogP contribution < -0.4 is 0 Å². The van der Waals surface area contributed by atoms with Crippen molar-refractivity contribution >= 4 is 23.9 Å². The smallest absolute Gasteiger partial charge is 0.333 e. The molecular weight excluding hydrogens is 392 g/mol. The minimum atomic E-state index is -0.888. The Kier molecular flexibility index (Phi) is 16.1. The molecule has 30 heavy (non-hydrogen) atoms. The topological polar surface area (TPSA) is 105 Å². The number of carbonyl (C=O) groups is 4. The van der Waals surface area contributed by atoms with E-state index in [0.29, 0.717) is 6.42 Å². The van der Waals surface area contributed by atoms with Gasteiger partial charge in [0.2, 0.25) is 12.6 Å². The van der Waals surface area contributed by atoms with Crippen LogP contribution in [0.5, 0.6) is 0 Å². The first-order chi connectivity index (χ1) is 14.3. The lowest BCUT2D eigenvalue weighted by molar-refractivity contribution is -0.185. The zero-order valence-corrected chi connectivity index (χ0v) is 18.6. The van der Waals surface area contributed by atoms with Crippen LogP contribution in [0.2, 0.25) is 0 Å². The number of rotatable bonds is 16. The molecule has 0 heterocycles. The summed E-state index contributed by atoms with van der Waals surface area (Å²) in [6, 6.07) is 0. The summed E-state index contributed by atoms with van der Waals surface area (Å²) in [7, 11) is 0. The average molecular weight is 429 g/mol. The average Bonchev–Trinajstić information content (AvgIpc) is 2.68. The van der Waals surface area contributed by atoms with Crippen LogP contribution in [-0.2, 0) is 38.1 Å². The lowest BCUT2D eigenvalue weighted by Gasteiger charge is -2.13. The van der Waals surface area contributed by atoms with E-state index in [2.05, 4.69) is 0 Å². The van der Waals surface area contributed by atoms with Gasteiger partial charge in [0.15, 0.2) is 0 Å². The van der Waals surface area contributed by atoms with Gasteiger partial charge in [-0.3, -0.25) is 14.4 Å². The molecular formula is C22H36O8. The van der Waals surface area contributed by atoms with Crippen LogP contribution in [0.3, 0.4) is 0 Å². The Morgan fingerprint density at radius 3 is 1.70 bits per heavy atom. The number of unbranched alkanes of at least 4 members (excludes halogenated alkanes) is 6. The van der Waals surface area contributed by atoms with Crippen LogP contribution in [0.15, 0.2) is 12.2 Å². The van der Waals surface area contributed by atoms with Crippen molar-refractivity contribution in [3.63, 3.8) is 0 Å². The Morgan fingerprint density at radius 2 is 1.13 bits per heavy atom. The summed E-state index contributed by atoms with van der Waals surface area (Å²) >= 11 is 0. The van der Waals surface area contributed by atoms with Crippen LogP contribution in [0.1, 0.15) is 91.9 Å². The number of esters is 4. The maximum atomic E-state index is 11.6. The fraction of sp³-hybridized carbons (Fsp3) is 0.727. The van der Waals surface area contributed by atoms with Gasteiger partial charge in [-0.15, -0.1) is 0 Å². The van der Waals surface area contributed by atoms with E-state index in [9.17, 15) is 19.2 Å². The Bertz CT molecular complexity index is 555. The van der Waals surface area contributed by atoms with Gasteiger partial charge < -0.3 is 18.9 Å². The predicted molar refractivity (Wildman–Crippen MR) is 110 cm³/mol. The SMILES string of the molecule is CCC(=O)OC(C)OC(=O)C=CCCCCCCCCC(=O)OC(C)OC(=O)CC. The summed E-state index contributed by atoms with van der Waals surface area (Å²) in [5.41, 5.74) is 0. The van der Waals surface area contributed by atoms with Crippen LogP contribution in [0, 0.1) is 0 Å². The molecule has 172 valence electrons. The molecule has 0 aliphatic heterocycles. The second-order valence-electron chi connectivity index (χ2n) is 6.81. The highest BCUT2D eigenvalue weighted by atomic mass is 16.7. The Hall–Kier alpha value is -2.38. The van der Waals surface area contributed by atoms with E-state index in [0.717, 1.165) is 44.9 Å². The molecule has 0 amide bonds. The van der Waals surface area contributed by atoms with E-state index >= 15 is 0 Å². The Balaban J connectivity index is 3.62. The fourth-order valence-corrected chi connectivity index (χ4v) is 2.45. The van der Waals surface area contributed by atoms with E-state index < -0.39 is 30.5 Å². The molecule has 0 saturated heterocycles. The van der Waals surface area contributed by atoms with Gasteiger partial charge in [0, 0.05) is 39.2 Å². The molecule has 0 bridgehead atoms. The number of allylic oxidation sites excluding steroid dienone is 1. The van der Waals surface area contributed by atoms with Gasteiger partial charge in [-0.05, 0) is 19.3 Å². The molecule has 0 aromatic heterocycles. The molecule has 0 saturated carbocycles. The minimum absolute atomic E-state index is 0.233. The van der Waals surface area contributed by atoms with Gasteiger partial charge in [0.25, 0.3) is 0 Å². The van der Waals surface area contributed by atoms with E-state index in [1.807, 2.05) is 0 Å². The summed E-state index contributed by atoms with van der Waals surface area (Å²) in [5, 5.41) is 0. The summed E-state index contributed by atoms with van der Waals surface area (Å²) < 4.78 is 19.7. The van der Waals surface area contributed by atoms with Crippen molar-refractivity contribution in [1.29, 1.82) is 0 Å². The van der Waals surface area contributed by atoms with Gasteiger partial charge in [0.1, 0.15) is 0 Å². The van der Waals surface area contributed by atoms with E-state index in [4.69, 9.17) is 18.9 Å². The zero-order valence-electron chi connectivity index (χ0n) is 18.6. The standard InChI is InChI=1S/C22H36O8/c1-5-19(23)27-17(3)29-21(25)15-13-11-9-7-8-10-12-14-16-22(26)30-18(4)28-20(24)6-2/h13,15,17-18H,5-12,14,16H2,1-4H3. The summed E-state index contributed by atoms with van der Waals surface area (Å²) in [4.78, 5) is 45.4. The van der Waals surface area contributed by atoms with Crippen LogP contribution >= 0.6 is 0 Å². The van der Waals surface area contributed by atoms with E-state index in [1.165, 1.54) is 19.9 Å². The van der Waals surface area contributed by atoms with Crippen LogP contribution in [-0.4, -0.2) is 36.5 Å². The second kappa shape index (κ2) is 17.5. The molecule has 8 nitrogen and oxygen atoms in total. The largest absolute Gasteiger partial charge is 0.425 e. The third-order valence-electron chi connectivity index (χ3n) is 4.01. The molecule has 2 atom stereocenters. The molecule has 0 N–H and O–H groups in total. The molecule has 0 aliphatic carbocycles. The van der Waals surface area contributed by atoms with Crippen molar-refractivity contribution in [1.82, 2.24) is 0 Å². The third-order valence-corrected chi connectivity index (χ3v) is 4.01. The normalized spacial score (nSPS) is 12.8. The first kappa shape index (κ1) is 27.6. The molecule has 0 aliphatic rings. The van der Waals surface area contributed by atoms with Crippen molar-refractivity contribution in [2.75, 3.05) is 0 Å². The molecule has 0 aromatic carbocycles. The van der Waals surface area contributed by atoms with E-state index in [1.54, 1.807) is 19.9 Å². The zero-order chi connectivity index (χ0) is 22.8. The van der Waals surface area contributed by atoms with Crippen molar-refractivity contribution in [3.05, 3.63) is 12.2 Å². The molecule has 0 aromatic rings. The highest BCUT2D eigenvalue weighted by Crippen LogP contribution is 2.10. The monoisotopic (exact) mass is 428 g/mol. The summed E-state index contributed by atoms with van der Waals surface area (Å²) in [5.74, 6) is -1.70. The Morgan fingerprint density at radius 1 is 0.667 bits per heavy atom. The minimum Gasteiger partial charge on any atom is -0.425 e. The number of ether oxygens (including phenoxy) is 4. The lowest BCUT2D eigenvalue weighted by atomic mass is 10.1. The first-order valence-electron chi connectivity index (χ1n) is 10.7. The Labute approximate surface area is 179 Å². The lowest BCUT2D eigenvalue weighted by Crippen LogP contribution is -2.21. The van der Waals surface area contributed by atoms with Crippen molar-refractivity contribution in [2.45, 2.75) is 104 Å². The van der Waals surface area contributed by atoms with Gasteiger partial charge in [-0.2, -0.15) is 0 Å². The summed E-state index contributed by atoms with van der Waals surface area (Å²) in [6.07, 6.45) is 8.62. The molecule has 8 heteroatoms. The highest BCUT2D eigenvalue weighted by molar-refractivity contribution is 5.82. The van der Waals surface area contributed by atoms with E-state index in [-0.39, 0.29) is 18.8 Å². The molecule has 2 unspecified atom stereocenters. The molecule has 0 spiro atoms. The maximum absolute atomic E-state index is 11.6. The molecule has 0 radical (unpaired) electrons. The van der Waals surface area contributed by atoms with Gasteiger partial charge >= 0.3 is 23.9 Å². The van der Waals surface area contributed by atoms with Crippen LogP contribution in [0.25, 0.3) is 0 Å². The van der Waals surface area contributed by atoms with Crippen molar-refractivity contribution in [2.24, 2.45) is 0 Å². The van der Waals surface area contributed by atoms with Crippen molar-refractivity contribution in [3.8, 4) is 0 Å². The number of hydrogen-bond donors (Lipinski definition) is 0. The van der Waals surface area contributed by atoms with Gasteiger partial charge in [-0.25, -0.2) is 4.79 Å². The molecule has 0 rings (SSSR count). The van der Waals surface area contributed by atoms with Gasteiger partial charge in [-0.1, -0.05) is 45.6 Å². The predicted octanol–water partition coefficient (Wildman–Crippen LogP) is 4.35. The molecule has 0 fully saturated rings.